The predicted molar refractivity (Wildman–Crippen MR) is 150 cm³/mol. The molecular weight excluding hydrogens is 456 g/mol. The van der Waals surface area contributed by atoms with E-state index in [1.807, 2.05) is 0 Å². The molecule has 4 nitrogen and oxygen atoms in total. The highest BCUT2D eigenvalue weighted by atomic mass is 32.1. The molecule has 5 heteroatoms. The van der Waals surface area contributed by atoms with Crippen molar-refractivity contribution in [2.75, 3.05) is 13.2 Å². The highest BCUT2D eigenvalue weighted by Crippen LogP contribution is 2.41. The fraction of sp³-hybridized carbons (Fsp3) is 0.800. The first-order valence-corrected chi connectivity index (χ1v) is 15.4. The van der Waals surface area contributed by atoms with Gasteiger partial charge in [0.25, 0.3) is 0 Å². The fourth-order valence-corrected chi connectivity index (χ4v) is 5.21. The van der Waals surface area contributed by atoms with Crippen molar-refractivity contribution in [3.05, 3.63) is 9.75 Å². The second-order valence-electron chi connectivity index (χ2n) is 9.79. The Morgan fingerprint density at radius 3 is 1.06 bits per heavy atom. The summed E-state index contributed by atoms with van der Waals surface area (Å²) < 4.78 is 11.9. The van der Waals surface area contributed by atoms with E-state index in [2.05, 4.69) is 13.8 Å². The number of carbonyl (C=O) groups excluding carboxylic acids is 2. The lowest BCUT2D eigenvalue weighted by molar-refractivity contribution is 0.111. The van der Waals surface area contributed by atoms with Gasteiger partial charge in [0.2, 0.25) is 0 Å². The van der Waals surface area contributed by atoms with Crippen LogP contribution in [0.4, 0.5) is 0 Å². The molecule has 0 amide bonds. The Bertz CT molecular complexity index is 588. The molecule has 0 atom stereocenters. The lowest BCUT2D eigenvalue weighted by atomic mass is 10.1. The van der Waals surface area contributed by atoms with Crippen molar-refractivity contribution in [3.8, 4) is 11.5 Å². The highest BCUT2D eigenvalue weighted by Gasteiger charge is 2.20. The standard InChI is InChI=1S/C30H52O4S/c1-3-5-7-9-11-13-15-17-19-21-23-33-29-27(25-31)35-28(26-32)30(29)34-24-22-20-18-16-14-12-10-8-6-4-2/h25-26H,3-24H2,1-2H3. The van der Waals surface area contributed by atoms with Crippen molar-refractivity contribution in [2.24, 2.45) is 0 Å². The molecule has 0 saturated heterocycles. The van der Waals surface area contributed by atoms with Crippen LogP contribution in [0.3, 0.4) is 0 Å². The average Bonchev–Trinajstić information content (AvgIpc) is 3.22. The SMILES string of the molecule is CCCCCCCCCCCCOc1c(C=O)sc(C=O)c1OCCCCCCCCCCCC. The molecule has 0 saturated carbocycles. The molecule has 1 aromatic heterocycles. The van der Waals surface area contributed by atoms with E-state index in [9.17, 15) is 9.59 Å². The number of rotatable bonds is 26. The second-order valence-corrected chi connectivity index (χ2v) is 10.9. The van der Waals surface area contributed by atoms with Gasteiger partial charge in [-0.05, 0) is 12.8 Å². The van der Waals surface area contributed by atoms with E-state index in [1.54, 1.807) is 0 Å². The Kier molecular flexibility index (Phi) is 20.9. The van der Waals surface area contributed by atoms with Crippen LogP contribution >= 0.6 is 11.3 Å². The molecular formula is C30H52O4S. The number of ether oxygens (including phenoxy) is 2. The lowest BCUT2D eigenvalue weighted by Crippen LogP contribution is -2.03. The molecule has 0 unspecified atom stereocenters. The van der Waals surface area contributed by atoms with Gasteiger partial charge in [0.1, 0.15) is 9.75 Å². The van der Waals surface area contributed by atoms with E-state index in [-0.39, 0.29) is 0 Å². The Labute approximate surface area is 219 Å². The monoisotopic (exact) mass is 508 g/mol. The van der Waals surface area contributed by atoms with E-state index in [1.165, 1.54) is 114 Å². The molecule has 1 aromatic rings. The van der Waals surface area contributed by atoms with Crippen LogP contribution in [0.1, 0.15) is 162 Å². The zero-order valence-electron chi connectivity index (χ0n) is 22.8. The minimum absolute atomic E-state index is 0.456. The van der Waals surface area contributed by atoms with E-state index >= 15 is 0 Å². The van der Waals surface area contributed by atoms with Crippen LogP contribution in [-0.4, -0.2) is 25.8 Å². The molecule has 0 N–H and O–H groups in total. The van der Waals surface area contributed by atoms with Crippen LogP contribution in [0.25, 0.3) is 0 Å². The first-order valence-electron chi connectivity index (χ1n) is 14.6. The van der Waals surface area contributed by atoms with Crippen molar-refractivity contribution in [1.29, 1.82) is 0 Å². The maximum Gasteiger partial charge on any atom is 0.183 e. The number of hydrogen-bond donors (Lipinski definition) is 0. The predicted octanol–water partition coefficient (Wildman–Crippen LogP) is 9.97. The number of unbranched alkanes of at least 4 members (excludes halogenated alkanes) is 18. The third-order valence-corrected chi connectivity index (χ3v) is 7.58. The maximum absolute atomic E-state index is 11.5. The van der Waals surface area contributed by atoms with Crippen molar-refractivity contribution in [2.45, 2.75) is 142 Å². The van der Waals surface area contributed by atoms with E-state index in [4.69, 9.17) is 9.47 Å². The van der Waals surface area contributed by atoms with Crippen LogP contribution in [0.2, 0.25) is 0 Å². The molecule has 0 bridgehead atoms. The van der Waals surface area contributed by atoms with Gasteiger partial charge in [0.15, 0.2) is 24.1 Å². The molecule has 0 aliphatic rings. The summed E-state index contributed by atoms with van der Waals surface area (Å²) in [7, 11) is 0. The smallest absolute Gasteiger partial charge is 0.183 e. The van der Waals surface area contributed by atoms with Gasteiger partial charge in [0, 0.05) is 0 Å². The zero-order chi connectivity index (χ0) is 25.4. The summed E-state index contributed by atoms with van der Waals surface area (Å²) in [5.74, 6) is 0.935. The van der Waals surface area contributed by atoms with Crippen LogP contribution in [0.5, 0.6) is 11.5 Å². The molecule has 0 radical (unpaired) electrons. The Hall–Kier alpha value is -1.36. The van der Waals surface area contributed by atoms with E-state index < -0.39 is 0 Å². The zero-order valence-corrected chi connectivity index (χ0v) is 23.6. The topological polar surface area (TPSA) is 52.6 Å². The summed E-state index contributed by atoms with van der Waals surface area (Å²) in [6.45, 7) is 5.62. The summed E-state index contributed by atoms with van der Waals surface area (Å²) in [6.07, 6.45) is 26.9. The normalized spacial score (nSPS) is 11.0. The molecule has 0 aliphatic carbocycles. The highest BCUT2D eigenvalue weighted by molar-refractivity contribution is 7.16. The van der Waals surface area contributed by atoms with Gasteiger partial charge in [0.05, 0.1) is 13.2 Å². The molecule has 0 aromatic carbocycles. The Morgan fingerprint density at radius 1 is 0.486 bits per heavy atom. The van der Waals surface area contributed by atoms with Gasteiger partial charge < -0.3 is 9.47 Å². The summed E-state index contributed by atoms with van der Waals surface area (Å²) in [6, 6.07) is 0. The summed E-state index contributed by atoms with van der Waals surface area (Å²) in [5.41, 5.74) is 0. The van der Waals surface area contributed by atoms with Crippen molar-refractivity contribution < 1.29 is 19.1 Å². The van der Waals surface area contributed by atoms with Gasteiger partial charge >= 0.3 is 0 Å². The Balaban J connectivity index is 2.25. The first kappa shape index (κ1) is 31.7. The number of thiophene rings is 1. The largest absolute Gasteiger partial charge is 0.488 e. The van der Waals surface area contributed by atoms with Crippen LogP contribution in [0.15, 0.2) is 0 Å². The Morgan fingerprint density at radius 2 is 0.771 bits per heavy atom. The number of hydrogen-bond acceptors (Lipinski definition) is 5. The average molecular weight is 509 g/mol. The minimum Gasteiger partial charge on any atom is -0.488 e. The summed E-state index contributed by atoms with van der Waals surface area (Å²) in [4.78, 5) is 24.0. The number of carbonyl (C=O) groups is 2. The fourth-order valence-electron chi connectivity index (χ4n) is 4.39. The summed E-state index contributed by atoms with van der Waals surface area (Å²) >= 11 is 1.17. The first-order chi connectivity index (χ1) is 17.3. The molecule has 1 rings (SSSR count). The van der Waals surface area contributed by atoms with Crippen LogP contribution < -0.4 is 9.47 Å². The van der Waals surface area contributed by atoms with Gasteiger partial charge in [-0.15, -0.1) is 11.3 Å². The lowest BCUT2D eigenvalue weighted by Gasteiger charge is -2.11. The van der Waals surface area contributed by atoms with Gasteiger partial charge in [-0.2, -0.15) is 0 Å². The van der Waals surface area contributed by atoms with Crippen LogP contribution in [-0.2, 0) is 0 Å². The van der Waals surface area contributed by atoms with E-state index in [0.29, 0.717) is 34.5 Å². The molecule has 0 fully saturated rings. The molecule has 0 aliphatic heterocycles. The number of aldehydes is 2. The third-order valence-electron chi connectivity index (χ3n) is 6.58. The molecule has 1 heterocycles. The third kappa shape index (κ3) is 15.4. The van der Waals surface area contributed by atoms with Crippen molar-refractivity contribution in [1.82, 2.24) is 0 Å². The second kappa shape index (κ2) is 23.1. The molecule has 35 heavy (non-hydrogen) atoms. The molecule has 202 valence electrons. The van der Waals surface area contributed by atoms with Gasteiger partial charge in [-0.25, -0.2) is 0 Å². The van der Waals surface area contributed by atoms with E-state index in [0.717, 1.165) is 38.3 Å². The van der Waals surface area contributed by atoms with Crippen molar-refractivity contribution in [3.63, 3.8) is 0 Å². The minimum atomic E-state index is 0.456. The maximum atomic E-state index is 11.5. The quantitative estimate of drug-likeness (QED) is 0.0922. The van der Waals surface area contributed by atoms with Gasteiger partial charge in [-0.3, -0.25) is 9.59 Å². The van der Waals surface area contributed by atoms with Gasteiger partial charge in [-0.1, -0.05) is 129 Å². The summed E-state index contributed by atoms with van der Waals surface area (Å²) in [5, 5.41) is 0. The van der Waals surface area contributed by atoms with Crippen LogP contribution in [0, 0.1) is 0 Å². The molecule has 0 spiro atoms. The van der Waals surface area contributed by atoms with Crippen molar-refractivity contribution >= 4 is 23.9 Å².